The van der Waals surface area contributed by atoms with Crippen molar-refractivity contribution in [3.63, 3.8) is 0 Å². The summed E-state index contributed by atoms with van der Waals surface area (Å²) < 4.78 is 28.4. The van der Waals surface area contributed by atoms with Crippen molar-refractivity contribution in [1.29, 1.82) is 0 Å². The summed E-state index contributed by atoms with van der Waals surface area (Å²) in [6.45, 7) is 4.49. The number of aromatic nitrogens is 2. The zero-order valence-electron chi connectivity index (χ0n) is 30.1. The van der Waals surface area contributed by atoms with Gasteiger partial charge < -0.3 is 38.9 Å². The lowest BCUT2D eigenvalue weighted by atomic mass is 9.85. The number of carbonyl (C=O) groups is 6. The van der Waals surface area contributed by atoms with Gasteiger partial charge in [-0.15, -0.1) is 0 Å². The smallest absolute Gasteiger partial charge is 0.407 e. The molecule has 286 valence electrons. The highest BCUT2D eigenvalue weighted by Gasteiger charge is 2.51. The summed E-state index contributed by atoms with van der Waals surface area (Å²) in [5.74, 6) is -3.20. The molecule has 0 saturated carbocycles. The molecule has 1 aromatic carbocycles. The van der Waals surface area contributed by atoms with Gasteiger partial charge in [-0.25, -0.2) is 19.4 Å². The number of hydrogen-bond acceptors (Lipinski definition) is 13. The number of benzene rings is 1. The zero-order valence-corrected chi connectivity index (χ0v) is 30.1. The van der Waals surface area contributed by atoms with Gasteiger partial charge in [0.1, 0.15) is 25.9 Å². The summed E-state index contributed by atoms with van der Waals surface area (Å²) in [5.41, 5.74) is 0.782. The molecule has 3 aliphatic heterocycles. The summed E-state index contributed by atoms with van der Waals surface area (Å²) in [4.78, 5) is 94.5. The zero-order chi connectivity index (χ0) is 38.6. The maximum Gasteiger partial charge on any atom is 0.407 e. The number of likely N-dealkylation sites (tertiary alicyclic amines) is 1. The highest BCUT2D eigenvalue weighted by atomic mass is 16.6. The van der Waals surface area contributed by atoms with Crippen LogP contribution in [0.4, 0.5) is 4.79 Å². The number of ether oxygens (including phenoxy) is 5. The molecule has 3 atom stereocenters. The van der Waals surface area contributed by atoms with Crippen LogP contribution in [-0.4, -0.2) is 102 Å². The molecule has 2 N–H and O–H groups in total. The fourth-order valence-electron chi connectivity index (χ4n) is 6.66. The molecular formula is C37H41N5O12. The molecule has 0 aliphatic carbocycles. The van der Waals surface area contributed by atoms with E-state index in [2.05, 4.69) is 10.6 Å². The Labute approximate surface area is 309 Å². The van der Waals surface area contributed by atoms with Crippen LogP contribution in [0.25, 0.3) is 22.3 Å². The molecule has 6 rings (SSSR count). The van der Waals surface area contributed by atoms with Gasteiger partial charge in [0, 0.05) is 35.4 Å². The number of pyridine rings is 2. The second kappa shape index (κ2) is 16.1. The summed E-state index contributed by atoms with van der Waals surface area (Å²) in [6, 6.07) is 10.0. The van der Waals surface area contributed by atoms with Gasteiger partial charge in [0.05, 0.1) is 55.4 Å². The first-order chi connectivity index (χ1) is 25.9. The van der Waals surface area contributed by atoms with E-state index < -0.39 is 42.2 Å². The van der Waals surface area contributed by atoms with E-state index in [0.717, 1.165) is 21.4 Å². The predicted octanol–water partition coefficient (Wildman–Crippen LogP) is 1.29. The summed E-state index contributed by atoms with van der Waals surface area (Å²) in [5, 5.41) is 5.85. The van der Waals surface area contributed by atoms with Gasteiger partial charge in [-0.2, -0.15) is 0 Å². The fraction of sp³-hybridized carbons (Fsp3) is 0.459. The molecule has 1 fully saturated rings. The molecule has 3 aliphatic rings. The van der Waals surface area contributed by atoms with Crippen LogP contribution in [0.5, 0.6) is 0 Å². The number of amides is 4. The maximum absolute atomic E-state index is 13.7. The maximum atomic E-state index is 13.7. The first-order valence-corrected chi connectivity index (χ1v) is 17.7. The van der Waals surface area contributed by atoms with Crippen LogP contribution in [0.2, 0.25) is 0 Å². The molecule has 2 aromatic heterocycles. The largest absolute Gasteiger partial charge is 0.457 e. The molecule has 0 bridgehead atoms. The van der Waals surface area contributed by atoms with Crippen LogP contribution in [0.15, 0.2) is 41.2 Å². The third-order valence-electron chi connectivity index (χ3n) is 9.53. The first-order valence-electron chi connectivity index (χ1n) is 17.7. The van der Waals surface area contributed by atoms with Crippen LogP contribution in [0, 0.1) is 5.92 Å². The van der Waals surface area contributed by atoms with Crippen LogP contribution in [-0.2, 0) is 66.4 Å². The van der Waals surface area contributed by atoms with Gasteiger partial charge in [0.15, 0.2) is 0 Å². The van der Waals surface area contributed by atoms with E-state index in [4.69, 9.17) is 28.7 Å². The van der Waals surface area contributed by atoms with Gasteiger partial charge in [-0.05, 0) is 31.5 Å². The number of rotatable bonds is 15. The molecule has 0 radical (unpaired) electrons. The number of hydrogen-bond donors (Lipinski definition) is 2. The normalized spacial score (nSPS) is 19.1. The standard InChI is InChI=1S/C37H41N5O12/c1-4-37(26-17-28-31-24(16-23-7-5-6-8-27(23)40-31)18-42(28)33(46)25(26)19-53-35(37)48)54-34(47)22(3)39-29(43)20-51-11-9-38-36(49)52-14-13-50-12-10-41-30(44)15-21(2)32(41)45/h5-8,16-17,21-22H,4,9-15,18-20H2,1-3H3,(H,38,49)(H,39,43)/t21?,22?,37-/m0/s1. The Balaban J connectivity index is 0.956. The van der Waals surface area contributed by atoms with Gasteiger partial charge in [0.25, 0.3) is 5.56 Å². The quantitative estimate of drug-likeness (QED) is 0.0761. The summed E-state index contributed by atoms with van der Waals surface area (Å²) in [6.07, 6.45) is -0.588. The van der Waals surface area contributed by atoms with Gasteiger partial charge in [-0.3, -0.25) is 24.1 Å². The Hall–Kier alpha value is -5.68. The third-order valence-corrected chi connectivity index (χ3v) is 9.53. The Morgan fingerprint density at radius 1 is 1.06 bits per heavy atom. The molecule has 17 nitrogen and oxygen atoms in total. The molecule has 5 heterocycles. The van der Waals surface area contributed by atoms with Crippen molar-refractivity contribution in [2.75, 3.05) is 46.1 Å². The number of alkyl carbamates (subject to hydrolysis) is 1. The molecular weight excluding hydrogens is 706 g/mol. The monoisotopic (exact) mass is 747 g/mol. The van der Waals surface area contributed by atoms with Crippen molar-refractivity contribution in [3.05, 3.63) is 63.4 Å². The average Bonchev–Trinajstić information content (AvgIpc) is 3.63. The molecule has 1 saturated heterocycles. The van der Waals surface area contributed by atoms with Crippen LogP contribution in [0.3, 0.4) is 0 Å². The third kappa shape index (κ3) is 7.68. The van der Waals surface area contributed by atoms with E-state index in [0.29, 0.717) is 11.4 Å². The second-order valence-electron chi connectivity index (χ2n) is 13.2. The minimum Gasteiger partial charge on any atom is -0.457 e. The lowest BCUT2D eigenvalue weighted by Gasteiger charge is -2.36. The number of carbonyl (C=O) groups excluding carboxylic acids is 6. The number of nitrogens with zero attached hydrogens (tertiary/aromatic N) is 3. The molecule has 4 amide bonds. The van der Waals surface area contributed by atoms with Crippen molar-refractivity contribution < 1.29 is 52.5 Å². The van der Waals surface area contributed by atoms with E-state index in [1.54, 1.807) is 24.5 Å². The summed E-state index contributed by atoms with van der Waals surface area (Å²) in [7, 11) is 0. The van der Waals surface area contributed by atoms with Crippen molar-refractivity contribution in [2.45, 2.75) is 58.4 Å². The summed E-state index contributed by atoms with van der Waals surface area (Å²) >= 11 is 0. The van der Waals surface area contributed by atoms with Gasteiger partial charge >= 0.3 is 18.0 Å². The van der Waals surface area contributed by atoms with Crippen molar-refractivity contribution in [3.8, 4) is 11.4 Å². The number of fused-ring (bicyclic) bond motifs is 5. The van der Waals surface area contributed by atoms with Gasteiger partial charge in [-0.1, -0.05) is 32.0 Å². The highest BCUT2D eigenvalue weighted by molar-refractivity contribution is 6.03. The number of para-hydroxylation sites is 1. The fourth-order valence-corrected chi connectivity index (χ4v) is 6.66. The average molecular weight is 748 g/mol. The predicted molar refractivity (Wildman–Crippen MR) is 187 cm³/mol. The minimum absolute atomic E-state index is 0.0163. The number of esters is 2. The van der Waals surface area contributed by atoms with Crippen molar-refractivity contribution >= 4 is 46.7 Å². The minimum atomic E-state index is -1.94. The Morgan fingerprint density at radius 3 is 2.61 bits per heavy atom. The van der Waals surface area contributed by atoms with E-state index in [9.17, 15) is 33.6 Å². The van der Waals surface area contributed by atoms with E-state index >= 15 is 0 Å². The Morgan fingerprint density at radius 2 is 1.85 bits per heavy atom. The topological polar surface area (TPSA) is 211 Å². The van der Waals surface area contributed by atoms with Crippen molar-refractivity contribution in [2.24, 2.45) is 5.92 Å². The second-order valence-corrected chi connectivity index (χ2v) is 13.2. The van der Waals surface area contributed by atoms with Gasteiger partial charge in [0.2, 0.25) is 23.3 Å². The van der Waals surface area contributed by atoms with Crippen LogP contribution < -0.4 is 16.2 Å². The molecule has 54 heavy (non-hydrogen) atoms. The number of imide groups is 1. The first kappa shape index (κ1) is 38.1. The van der Waals surface area contributed by atoms with E-state index in [-0.39, 0.29) is 99.9 Å². The van der Waals surface area contributed by atoms with Crippen molar-refractivity contribution in [1.82, 2.24) is 25.1 Å². The molecule has 0 spiro atoms. The van der Waals surface area contributed by atoms with E-state index in [1.807, 2.05) is 30.3 Å². The van der Waals surface area contributed by atoms with Crippen LogP contribution >= 0.6 is 0 Å². The lowest BCUT2D eigenvalue weighted by molar-refractivity contribution is -0.190. The van der Waals surface area contributed by atoms with Crippen LogP contribution in [0.1, 0.15) is 50.3 Å². The molecule has 3 aromatic rings. The van der Waals surface area contributed by atoms with E-state index in [1.165, 1.54) is 6.92 Å². The highest BCUT2D eigenvalue weighted by Crippen LogP contribution is 2.41. The Kier molecular flexibility index (Phi) is 11.4. The molecule has 17 heteroatoms. The Bertz CT molecular complexity index is 2060. The number of cyclic esters (lactones) is 1. The number of nitrogens with one attached hydrogen (secondary N) is 2. The SMILES string of the molecule is CC[C@@]1(OC(=O)C(C)NC(=O)COCCNC(=O)OCCOCCN2C(=O)CC(C)C2=O)C(=O)OCc2c1cc1n(c2=O)Cc2cc3ccccc3nc2-1. The molecule has 2 unspecified atom stereocenters. The lowest BCUT2D eigenvalue weighted by Crippen LogP contribution is -2.51.